The molecule has 0 aromatic carbocycles. The van der Waals surface area contributed by atoms with Crippen LogP contribution in [-0.2, 0) is 28.7 Å². The molecule has 0 radical (unpaired) electrons. The Labute approximate surface area is 90.8 Å². The first kappa shape index (κ1) is 13.9. The Bertz CT molecular complexity index is 294. The van der Waals surface area contributed by atoms with Gasteiger partial charge in [0.25, 0.3) is 11.8 Å². The molecule has 0 aliphatic carbocycles. The van der Waals surface area contributed by atoms with Gasteiger partial charge in [0.2, 0.25) is 12.2 Å². The molecule has 0 spiro atoms. The first-order chi connectivity index (χ1) is 7.25. The lowest BCUT2D eigenvalue weighted by atomic mass is 10.2. The number of esters is 2. The van der Waals surface area contributed by atoms with E-state index < -0.39 is 36.0 Å². The van der Waals surface area contributed by atoms with Crippen LogP contribution in [0, 0.1) is 0 Å². The lowest BCUT2D eigenvalue weighted by molar-refractivity contribution is -0.172. The zero-order valence-corrected chi connectivity index (χ0v) is 8.76. The van der Waals surface area contributed by atoms with Crippen molar-refractivity contribution in [1.29, 1.82) is 0 Å². The summed E-state index contributed by atoms with van der Waals surface area (Å²) >= 11 is 0. The van der Waals surface area contributed by atoms with Crippen molar-refractivity contribution in [1.82, 2.24) is 0 Å². The minimum Gasteiger partial charge on any atom is -0.448 e. The van der Waals surface area contributed by atoms with Crippen LogP contribution >= 0.6 is 0 Å². The standard InChI is InChI=1S/C8H12N2O6/c1-3(11)15-5(7(9)13)6(8(10)14)16-4(2)12/h5-6H,1-2H3,(H2,9,13)(H2,10,14). The van der Waals surface area contributed by atoms with Crippen molar-refractivity contribution in [3.8, 4) is 0 Å². The van der Waals surface area contributed by atoms with Gasteiger partial charge < -0.3 is 20.9 Å². The second-order valence-corrected chi connectivity index (χ2v) is 2.86. The Kier molecular flexibility index (Phi) is 4.93. The molecule has 0 aliphatic heterocycles. The number of carbonyl (C=O) groups excluding carboxylic acids is 4. The molecule has 0 saturated carbocycles. The van der Waals surface area contributed by atoms with E-state index in [1.165, 1.54) is 0 Å². The molecule has 0 aromatic heterocycles. The van der Waals surface area contributed by atoms with Crippen LogP contribution < -0.4 is 11.5 Å². The van der Waals surface area contributed by atoms with Gasteiger partial charge in [-0.2, -0.15) is 0 Å². The van der Waals surface area contributed by atoms with Crippen LogP contribution in [0.25, 0.3) is 0 Å². The zero-order chi connectivity index (χ0) is 12.9. The molecule has 90 valence electrons. The largest absolute Gasteiger partial charge is 0.448 e. The molecule has 2 amide bonds. The van der Waals surface area contributed by atoms with Crippen LogP contribution in [0.5, 0.6) is 0 Å². The van der Waals surface area contributed by atoms with E-state index in [4.69, 9.17) is 11.5 Å². The summed E-state index contributed by atoms with van der Waals surface area (Å²) in [5.41, 5.74) is 9.77. The maximum absolute atomic E-state index is 10.9. The summed E-state index contributed by atoms with van der Waals surface area (Å²) in [6.07, 6.45) is -3.45. The lowest BCUT2D eigenvalue weighted by Gasteiger charge is -2.20. The smallest absolute Gasteiger partial charge is 0.303 e. The first-order valence-electron chi connectivity index (χ1n) is 4.18. The van der Waals surface area contributed by atoms with Crippen molar-refractivity contribution in [2.75, 3.05) is 0 Å². The highest BCUT2D eigenvalue weighted by molar-refractivity contribution is 5.92. The highest BCUT2D eigenvalue weighted by Crippen LogP contribution is 2.05. The van der Waals surface area contributed by atoms with Crippen molar-refractivity contribution < 1.29 is 28.7 Å². The third-order valence-electron chi connectivity index (χ3n) is 1.42. The minimum absolute atomic E-state index is 0.859. The normalized spacial score (nSPS) is 13.4. The molecule has 16 heavy (non-hydrogen) atoms. The fraction of sp³-hybridized carbons (Fsp3) is 0.500. The summed E-state index contributed by atoms with van der Waals surface area (Å²) in [5.74, 6) is -4.00. The van der Waals surface area contributed by atoms with Gasteiger partial charge in [0, 0.05) is 13.8 Å². The average Bonchev–Trinajstić information content (AvgIpc) is 2.09. The molecule has 0 aromatic rings. The highest BCUT2D eigenvalue weighted by Gasteiger charge is 2.36. The highest BCUT2D eigenvalue weighted by atomic mass is 16.6. The van der Waals surface area contributed by atoms with E-state index in [9.17, 15) is 19.2 Å². The number of amides is 2. The van der Waals surface area contributed by atoms with Crippen LogP contribution in [-0.4, -0.2) is 36.0 Å². The van der Waals surface area contributed by atoms with E-state index in [0.29, 0.717) is 0 Å². The summed E-state index contributed by atoms with van der Waals surface area (Å²) in [6, 6.07) is 0. The van der Waals surface area contributed by atoms with Crippen molar-refractivity contribution in [3.63, 3.8) is 0 Å². The summed E-state index contributed by atoms with van der Waals surface area (Å²) < 4.78 is 8.89. The number of hydrogen-bond donors (Lipinski definition) is 2. The van der Waals surface area contributed by atoms with Gasteiger partial charge in [0.15, 0.2) is 0 Å². The third-order valence-corrected chi connectivity index (χ3v) is 1.42. The summed E-state index contributed by atoms with van der Waals surface area (Å²) in [6.45, 7) is 2.00. The van der Waals surface area contributed by atoms with Crippen molar-refractivity contribution in [3.05, 3.63) is 0 Å². The van der Waals surface area contributed by atoms with Crippen molar-refractivity contribution >= 4 is 23.8 Å². The summed E-state index contributed by atoms with van der Waals surface area (Å²) in [4.78, 5) is 43.1. The summed E-state index contributed by atoms with van der Waals surface area (Å²) in [7, 11) is 0. The molecule has 8 heteroatoms. The van der Waals surface area contributed by atoms with Crippen LogP contribution in [0.3, 0.4) is 0 Å². The monoisotopic (exact) mass is 232 g/mol. The Hall–Kier alpha value is -2.12. The molecular formula is C8H12N2O6. The number of ether oxygens (including phenoxy) is 2. The molecule has 0 aliphatic rings. The Morgan fingerprint density at radius 3 is 1.19 bits per heavy atom. The topological polar surface area (TPSA) is 139 Å². The number of nitrogens with two attached hydrogens (primary N) is 2. The molecule has 0 bridgehead atoms. The predicted molar refractivity (Wildman–Crippen MR) is 49.5 cm³/mol. The van der Waals surface area contributed by atoms with Crippen molar-refractivity contribution in [2.45, 2.75) is 26.1 Å². The number of rotatable bonds is 5. The van der Waals surface area contributed by atoms with E-state index >= 15 is 0 Å². The summed E-state index contributed by atoms with van der Waals surface area (Å²) in [5, 5.41) is 0. The fourth-order valence-electron chi connectivity index (χ4n) is 0.896. The SMILES string of the molecule is CC(=O)OC(C(N)=O)C(OC(C)=O)C(N)=O. The van der Waals surface area contributed by atoms with Gasteiger partial charge in [-0.3, -0.25) is 19.2 Å². The van der Waals surface area contributed by atoms with Crippen LogP contribution in [0.15, 0.2) is 0 Å². The molecule has 0 heterocycles. The quantitative estimate of drug-likeness (QED) is 0.516. The van der Waals surface area contributed by atoms with E-state index in [1.807, 2.05) is 0 Å². The number of primary amides is 2. The molecule has 0 saturated heterocycles. The maximum Gasteiger partial charge on any atom is 0.303 e. The third kappa shape index (κ3) is 4.40. The van der Waals surface area contributed by atoms with Gasteiger partial charge in [-0.15, -0.1) is 0 Å². The fourth-order valence-corrected chi connectivity index (χ4v) is 0.896. The van der Waals surface area contributed by atoms with Crippen LogP contribution in [0.2, 0.25) is 0 Å². The molecule has 8 nitrogen and oxygen atoms in total. The maximum atomic E-state index is 10.9. The number of carbonyl (C=O) groups is 4. The second-order valence-electron chi connectivity index (χ2n) is 2.86. The average molecular weight is 232 g/mol. The van der Waals surface area contributed by atoms with Crippen LogP contribution in [0.1, 0.15) is 13.8 Å². The van der Waals surface area contributed by atoms with Gasteiger partial charge in [0.1, 0.15) is 0 Å². The lowest BCUT2D eigenvalue weighted by Crippen LogP contribution is -2.50. The van der Waals surface area contributed by atoms with Gasteiger partial charge >= 0.3 is 11.9 Å². The van der Waals surface area contributed by atoms with Crippen molar-refractivity contribution in [2.24, 2.45) is 11.5 Å². The van der Waals surface area contributed by atoms with E-state index in [2.05, 4.69) is 9.47 Å². The van der Waals surface area contributed by atoms with Gasteiger partial charge in [-0.05, 0) is 0 Å². The van der Waals surface area contributed by atoms with Crippen LogP contribution in [0.4, 0.5) is 0 Å². The van der Waals surface area contributed by atoms with Gasteiger partial charge in [-0.1, -0.05) is 0 Å². The second kappa shape index (κ2) is 5.69. The molecule has 2 atom stereocenters. The Balaban J connectivity index is 4.93. The predicted octanol–water partition coefficient (Wildman–Crippen LogP) is -2.18. The first-order valence-corrected chi connectivity index (χ1v) is 4.18. The van der Waals surface area contributed by atoms with E-state index in [-0.39, 0.29) is 0 Å². The Morgan fingerprint density at radius 2 is 1.06 bits per heavy atom. The van der Waals surface area contributed by atoms with E-state index in [1.54, 1.807) is 0 Å². The van der Waals surface area contributed by atoms with Gasteiger partial charge in [0.05, 0.1) is 0 Å². The van der Waals surface area contributed by atoms with Gasteiger partial charge in [-0.25, -0.2) is 0 Å². The zero-order valence-electron chi connectivity index (χ0n) is 8.76. The van der Waals surface area contributed by atoms with E-state index in [0.717, 1.165) is 13.8 Å². The molecule has 4 N–H and O–H groups in total. The molecular weight excluding hydrogens is 220 g/mol. The number of hydrogen-bond acceptors (Lipinski definition) is 6. The minimum atomic E-state index is -1.72. The molecule has 2 unspecified atom stereocenters. The molecule has 0 fully saturated rings. The molecule has 0 rings (SSSR count). The Morgan fingerprint density at radius 1 is 0.812 bits per heavy atom.